The summed E-state index contributed by atoms with van der Waals surface area (Å²) in [5.74, 6) is 1.56. The zero-order valence-electron chi connectivity index (χ0n) is 9.18. The Morgan fingerprint density at radius 1 is 1.38 bits per heavy atom. The Morgan fingerprint density at radius 2 is 2.00 bits per heavy atom. The lowest BCUT2D eigenvalue weighted by Gasteiger charge is -2.12. The summed E-state index contributed by atoms with van der Waals surface area (Å²) < 4.78 is 2.07. The van der Waals surface area contributed by atoms with Gasteiger partial charge in [0.1, 0.15) is 0 Å². The molecule has 0 N–H and O–H groups in total. The maximum atomic E-state index is 2.36. The van der Waals surface area contributed by atoms with Gasteiger partial charge in [0.25, 0.3) is 0 Å². The summed E-state index contributed by atoms with van der Waals surface area (Å²) in [6.07, 6.45) is 7.12. The Balaban J connectivity index is 3.97. The van der Waals surface area contributed by atoms with Gasteiger partial charge in [0.2, 0.25) is 0 Å². The highest BCUT2D eigenvalue weighted by atomic mass is 127. The molecule has 0 fully saturated rings. The van der Waals surface area contributed by atoms with Crippen molar-refractivity contribution in [2.75, 3.05) is 0 Å². The van der Waals surface area contributed by atoms with Crippen molar-refractivity contribution in [1.29, 1.82) is 0 Å². The molecule has 0 radical (unpaired) electrons. The highest BCUT2D eigenvalue weighted by Crippen LogP contribution is 2.17. The van der Waals surface area contributed by atoms with Crippen molar-refractivity contribution in [1.82, 2.24) is 0 Å². The molecule has 0 saturated carbocycles. The SMILES string of the molecule is CC[C@H](C)C[C@H](C)/C=C(C)/C=C/I. The molecule has 1 heteroatoms. The van der Waals surface area contributed by atoms with E-state index in [1.807, 2.05) is 0 Å². The molecule has 0 saturated heterocycles. The molecule has 0 aromatic carbocycles. The van der Waals surface area contributed by atoms with Gasteiger partial charge in [-0.15, -0.1) is 0 Å². The summed E-state index contributed by atoms with van der Waals surface area (Å²) in [4.78, 5) is 0. The molecule has 0 nitrogen and oxygen atoms in total. The van der Waals surface area contributed by atoms with Crippen LogP contribution >= 0.6 is 22.6 Å². The van der Waals surface area contributed by atoms with E-state index in [1.165, 1.54) is 18.4 Å². The topological polar surface area (TPSA) is 0 Å². The van der Waals surface area contributed by atoms with Crippen LogP contribution in [-0.2, 0) is 0 Å². The first-order valence-electron chi connectivity index (χ1n) is 5.05. The van der Waals surface area contributed by atoms with Crippen molar-refractivity contribution >= 4 is 22.6 Å². The molecule has 0 unspecified atom stereocenters. The highest BCUT2D eigenvalue weighted by Gasteiger charge is 2.03. The quantitative estimate of drug-likeness (QED) is 0.496. The van der Waals surface area contributed by atoms with E-state index in [0.29, 0.717) is 5.92 Å². The lowest BCUT2D eigenvalue weighted by atomic mass is 9.94. The normalized spacial score (nSPS) is 17.8. The number of rotatable bonds is 5. The number of hydrogen-bond donors (Lipinski definition) is 0. The standard InChI is InChI=1S/C12H21I/c1-5-10(2)8-12(4)9-11(3)6-7-13/h6-7,9-10,12H,5,8H2,1-4H3/b7-6+,11-9+/t10-,12-/m0/s1. The minimum Gasteiger partial charge on any atom is -0.0787 e. The van der Waals surface area contributed by atoms with Crippen LogP contribution in [0, 0.1) is 11.8 Å². The van der Waals surface area contributed by atoms with E-state index in [9.17, 15) is 0 Å². The summed E-state index contributed by atoms with van der Waals surface area (Å²) in [6.45, 7) is 9.06. The minimum absolute atomic E-state index is 0.711. The van der Waals surface area contributed by atoms with E-state index >= 15 is 0 Å². The van der Waals surface area contributed by atoms with Crippen molar-refractivity contribution in [3.63, 3.8) is 0 Å². The molecule has 0 aliphatic carbocycles. The van der Waals surface area contributed by atoms with Crippen LogP contribution in [0.3, 0.4) is 0 Å². The van der Waals surface area contributed by atoms with Crippen LogP contribution in [0.5, 0.6) is 0 Å². The third-order valence-electron chi connectivity index (χ3n) is 2.34. The van der Waals surface area contributed by atoms with E-state index in [1.54, 1.807) is 0 Å². The summed E-state index contributed by atoms with van der Waals surface area (Å²) in [5, 5.41) is 0. The average molecular weight is 292 g/mol. The van der Waals surface area contributed by atoms with Crippen LogP contribution in [0.15, 0.2) is 21.8 Å². The second kappa shape index (κ2) is 7.60. The van der Waals surface area contributed by atoms with Crippen LogP contribution in [0.2, 0.25) is 0 Å². The molecule has 0 aliphatic rings. The summed E-state index contributed by atoms with van der Waals surface area (Å²) in [7, 11) is 0. The lowest BCUT2D eigenvalue weighted by molar-refractivity contribution is 0.454. The maximum absolute atomic E-state index is 2.36. The van der Waals surface area contributed by atoms with E-state index in [0.717, 1.165) is 5.92 Å². The van der Waals surface area contributed by atoms with Crippen molar-refractivity contribution in [2.24, 2.45) is 11.8 Å². The van der Waals surface area contributed by atoms with Crippen LogP contribution in [0.25, 0.3) is 0 Å². The third kappa shape index (κ3) is 7.29. The van der Waals surface area contributed by atoms with Gasteiger partial charge < -0.3 is 0 Å². The lowest BCUT2D eigenvalue weighted by Crippen LogP contribution is -1.99. The first-order valence-corrected chi connectivity index (χ1v) is 6.29. The highest BCUT2D eigenvalue weighted by molar-refractivity contribution is 14.1. The Hall–Kier alpha value is 0.210. The van der Waals surface area contributed by atoms with Crippen molar-refractivity contribution < 1.29 is 0 Å². The molecule has 0 spiro atoms. The van der Waals surface area contributed by atoms with Gasteiger partial charge in [-0.05, 0) is 29.3 Å². The number of halogens is 1. The van der Waals surface area contributed by atoms with Crippen LogP contribution in [0.1, 0.15) is 40.5 Å². The van der Waals surface area contributed by atoms with Gasteiger partial charge in [-0.25, -0.2) is 0 Å². The zero-order valence-corrected chi connectivity index (χ0v) is 11.3. The molecular weight excluding hydrogens is 271 g/mol. The maximum Gasteiger partial charge on any atom is -0.0231 e. The summed E-state index contributed by atoms with van der Waals surface area (Å²) in [6, 6.07) is 0. The molecule has 0 bridgehead atoms. The number of allylic oxidation sites excluding steroid dienone is 3. The smallest absolute Gasteiger partial charge is 0.0231 e. The van der Waals surface area contributed by atoms with Crippen LogP contribution in [-0.4, -0.2) is 0 Å². The van der Waals surface area contributed by atoms with Gasteiger partial charge in [0.15, 0.2) is 0 Å². The van der Waals surface area contributed by atoms with E-state index in [2.05, 4.69) is 66.5 Å². The van der Waals surface area contributed by atoms with Gasteiger partial charge >= 0.3 is 0 Å². The minimum atomic E-state index is 0.711. The fourth-order valence-electron chi connectivity index (χ4n) is 1.47. The molecule has 0 heterocycles. The van der Waals surface area contributed by atoms with Gasteiger partial charge in [-0.2, -0.15) is 0 Å². The molecule has 13 heavy (non-hydrogen) atoms. The molecule has 0 aromatic heterocycles. The Kier molecular flexibility index (Phi) is 7.72. The Labute approximate surface area is 96.6 Å². The fourth-order valence-corrected chi connectivity index (χ4v) is 2.04. The van der Waals surface area contributed by atoms with Crippen molar-refractivity contribution in [3.8, 4) is 0 Å². The van der Waals surface area contributed by atoms with Crippen molar-refractivity contribution in [2.45, 2.75) is 40.5 Å². The predicted molar refractivity (Wildman–Crippen MR) is 70.2 cm³/mol. The van der Waals surface area contributed by atoms with E-state index in [-0.39, 0.29) is 0 Å². The molecule has 0 amide bonds. The van der Waals surface area contributed by atoms with Gasteiger partial charge in [-0.3, -0.25) is 0 Å². The van der Waals surface area contributed by atoms with Gasteiger partial charge in [0, 0.05) is 0 Å². The molecule has 76 valence electrons. The molecule has 0 aromatic rings. The van der Waals surface area contributed by atoms with E-state index < -0.39 is 0 Å². The Morgan fingerprint density at radius 3 is 2.46 bits per heavy atom. The fraction of sp³-hybridized carbons (Fsp3) is 0.667. The monoisotopic (exact) mass is 292 g/mol. The second-order valence-corrected chi connectivity index (χ2v) is 4.65. The molecular formula is C12H21I. The largest absolute Gasteiger partial charge is 0.0787 e. The molecule has 0 rings (SSSR count). The van der Waals surface area contributed by atoms with Crippen LogP contribution < -0.4 is 0 Å². The first kappa shape index (κ1) is 13.2. The zero-order chi connectivity index (χ0) is 10.3. The van der Waals surface area contributed by atoms with E-state index in [4.69, 9.17) is 0 Å². The molecule has 0 aliphatic heterocycles. The molecule has 2 atom stereocenters. The Bertz CT molecular complexity index is 180. The second-order valence-electron chi connectivity index (χ2n) is 3.93. The summed E-state index contributed by atoms with van der Waals surface area (Å²) >= 11 is 2.26. The first-order chi connectivity index (χ1) is 6.10. The van der Waals surface area contributed by atoms with Crippen LogP contribution in [0.4, 0.5) is 0 Å². The van der Waals surface area contributed by atoms with Gasteiger partial charge in [0.05, 0.1) is 0 Å². The summed E-state index contributed by atoms with van der Waals surface area (Å²) in [5.41, 5.74) is 1.38. The van der Waals surface area contributed by atoms with Gasteiger partial charge in [-0.1, -0.05) is 67.5 Å². The number of hydrogen-bond acceptors (Lipinski definition) is 0. The third-order valence-corrected chi connectivity index (χ3v) is 2.70. The average Bonchev–Trinajstić information content (AvgIpc) is 2.04. The predicted octanol–water partition coefficient (Wildman–Crippen LogP) is 4.95. The van der Waals surface area contributed by atoms with Crippen molar-refractivity contribution in [3.05, 3.63) is 21.8 Å².